The predicted molar refractivity (Wildman–Crippen MR) is 70.5 cm³/mol. The van der Waals surface area contributed by atoms with E-state index in [9.17, 15) is 19.2 Å². The molecular formula is C13H23NO5. The fraction of sp³-hybridized carbons (Fsp3) is 0.692. The van der Waals surface area contributed by atoms with E-state index in [0.717, 1.165) is 0 Å². The molecule has 0 aromatic carbocycles. The molecule has 0 aromatic heterocycles. The largest absolute Gasteiger partial charge is 0.469 e. The Balaban J connectivity index is 0. The van der Waals surface area contributed by atoms with E-state index < -0.39 is 11.5 Å². The molecule has 0 radical (unpaired) electrons. The Morgan fingerprint density at radius 2 is 1.47 bits per heavy atom. The van der Waals surface area contributed by atoms with Crippen molar-refractivity contribution in [1.82, 2.24) is 5.32 Å². The van der Waals surface area contributed by atoms with Gasteiger partial charge in [-0.2, -0.15) is 0 Å². The molecule has 0 rings (SSSR count). The van der Waals surface area contributed by atoms with E-state index in [-0.39, 0.29) is 23.9 Å². The molecular weight excluding hydrogens is 250 g/mol. The van der Waals surface area contributed by atoms with Gasteiger partial charge < -0.3 is 10.1 Å². The van der Waals surface area contributed by atoms with Crippen LogP contribution < -0.4 is 5.32 Å². The highest BCUT2D eigenvalue weighted by atomic mass is 16.5. The normalized spacial score (nSPS) is 9.79. The zero-order valence-electron chi connectivity index (χ0n) is 12.5. The van der Waals surface area contributed by atoms with Crippen molar-refractivity contribution in [3.05, 3.63) is 0 Å². The van der Waals surface area contributed by atoms with Crippen molar-refractivity contribution in [2.75, 3.05) is 7.11 Å². The Bertz CT molecular complexity index is 329. The molecule has 0 bridgehead atoms. The standard InChI is InChI=1S/C8H15NO2.C5H8O3/c1-6(10)5-8(3,4)9-7(2)11;1-4(6)3-5(7)8-2/h5H2,1-4H3,(H,9,11);3H2,1-2H3. The van der Waals surface area contributed by atoms with Gasteiger partial charge in [-0.1, -0.05) is 0 Å². The van der Waals surface area contributed by atoms with E-state index in [1.165, 1.54) is 27.9 Å². The lowest BCUT2D eigenvalue weighted by molar-refractivity contribution is -0.143. The number of ether oxygens (including phenoxy) is 1. The maximum absolute atomic E-state index is 10.7. The van der Waals surface area contributed by atoms with Crippen LogP contribution in [0, 0.1) is 0 Å². The van der Waals surface area contributed by atoms with Gasteiger partial charge in [0.05, 0.1) is 7.11 Å². The minimum atomic E-state index is -0.475. The van der Waals surface area contributed by atoms with Crippen LogP contribution in [-0.4, -0.2) is 36.1 Å². The molecule has 0 aliphatic rings. The molecule has 0 aromatic rings. The number of carbonyl (C=O) groups is 4. The van der Waals surface area contributed by atoms with E-state index in [1.54, 1.807) is 0 Å². The van der Waals surface area contributed by atoms with E-state index in [2.05, 4.69) is 10.1 Å². The highest BCUT2D eigenvalue weighted by Gasteiger charge is 2.20. The number of methoxy groups -OCH3 is 1. The molecule has 19 heavy (non-hydrogen) atoms. The smallest absolute Gasteiger partial charge is 0.313 e. The summed E-state index contributed by atoms with van der Waals surface area (Å²) in [7, 11) is 1.26. The molecule has 110 valence electrons. The predicted octanol–water partition coefficient (Wildman–Crippen LogP) is 1.02. The highest BCUT2D eigenvalue weighted by molar-refractivity contribution is 5.93. The fourth-order valence-corrected chi connectivity index (χ4v) is 1.42. The number of amides is 1. The van der Waals surface area contributed by atoms with Crippen LogP contribution in [0.5, 0.6) is 0 Å². The minimum Gasteiger partial charge on any atom is -0.469 e. The van der Waals surface area contributed by atoms with Gasteiger partial charge >= 0.3 is 5.97 Å². The average Bonchev–Trinajstić information content (AvgIpc) is 2.12. The van der Waals surface area contributed by atoms with Gasteiger partial charge in [-0.25, -0.2) is 0 Å². The van der Waals surface area contributed by atoms with Crippen molar-refractivity contribution in [2.24, 2.45) is 0 Å². The first kappa shape index (κ1) is 19.6. The third kappa shape index (κ3) is 16.3. The summed E-state index contributed by atoms with van der Waals surface area (Å²) < 4.78 is 4.20. The quantitative estimate of drug-likeness (QED) is 0.596. The van der Waals surface area contributed by atoms with E-state index in [4.69, 9.17) is 0 Å². The summed E-state index contributed by atoms with van der Waals surface area (Å²) in [6.07, 6.45) is 0.267. The van der Waals surface area contributed by atoms with Crippen molar-refractivity contribution < 1.29 is 23.9 Å². The summed E-state index contributed by atoms with van der Waals surface area (Å²) in [4.78, 5) is 41.6. The number of ketones is 2. The maximum Gasteiger partial charge on any atom is 0.313 e. The summed E-state index contributed by atoms with van der Waals surface area (Å²) in [5.41, 5.74) is -0.405. The first-order valence-electron chi connectivity index (χ1n) is 5.84. The molecule has 1 amide bonds. The van der Waals surface area contributed by atoms with Gasteiger partial charge in [0.2, 0.25) is 5.91 Å². The maximum atomic E-state index is 10.7. The zero-order chi connectivity index (χ0) is 15.6. The van der Waals surface area contributed by atoms with Crippen molar-refractivity contribution in [3.8, 4) is 0 Å². The Kier molecular flexibility index (Phi) is 9.54. The van der Waals surface area contributed by atoms with Crippen molar-refractivity contribution in [1.29, 1.82) is 0 Å². The Hall–Kier alpha value is -1.72. The molecule has 0 aliphatic heterocycles. The van der Waals surface area contributed by atoms with Crippen LogP contribution in [0.25, 0.3) is 0 Å². The number of nitrogens with one attached hydrogen (secondary N) is 1. The second-order valence-electron chi connectivity index (χ2n) is 4.90. The molecule has 0 aliphatic carbocycles. The minimum absolute atomic E-state index is 0.0868. The Labute approximate surface area is 113 Å². The van der Waals surface area contributed by atoms with E-state index in [0.29, 0.717) is 6.42 Å². The van der Waals surface area contributed by atoms with Crippen LogP contribution in [0.3, 0.4) is 0 Å². The highest BCUT2D eigenvalue weighted by Crippen LogP contribution is 2.07. The van der Waals surface area contributed by atoms with Gasteiger partial charge in [-0.05, 0) is 27.7 Å². The second-order valence-corrected chi connectivity index (χ2v) is 4.90. The number of Topliss-reactive ketones (excluding diaryl/α,β-unsaturated/α-hetero) is 2. The topological polar surface area (TPSA) is 89.5 Å². The van der Waals surface area contributed by atoms with Gasteiger partial charge in [-0.3, -0.25) is 19.2 Å². The SMILES string of the molecule is CC(=O)CC(C)(C)NC(C)=O.COC(=O)CC(C)=O. The number of esters is 1. The van der Waals surface area contributed by atoms with Crippen LogP contribution in [0.2, 0.25) is 0 Å². The molecule has 0 saturated carbocycles. The van der Waals surface area contributed by atoms with E-state index >= 15 is 0 Å². The first-order valence-corrected chi connectivity index (χ1v) is 5.84. The van der Waals surface area contributed by atoms with Gasteiger partial charge in [-0.15, -0.1) is 0 Å². The molecule has 0 fully saturated rings. The Morgan fingerprint density at radius 3 is 1.68 bits per heavy atom. The van der Waals surface area contributed by atoms with Crippen LogP contribution in [0.4, 0.5) is 0 Å². The second kappa shape index (κ2) is 9.24. The molecule has 6 nitrogen and oxygen atoms in total. The Morgan fingerprint density at radius 1 is 1.00 bits per heavy atom. The molecule has 0 atom stereocenters. The number of rotatable bonds is 5. The molecule has 0 heterocycles. The lowest BCUT2D eigenvalue weighted by Crippen LogP contribution is -2.43. The third-order valence-corrected chi connectivity index (χ3v) is 1.83. The van der Waals surface area contributed by atoms with Crippen LogP contribution in [-0.2, 0) is 23.9 Å². The summed E-state index contributed by atoms with van der Waals surface area (Å²) in [5, 5.41) is 2.69. The van der Waals surface area contributed by atoms with Gasteiger partial charge in [0.1, 0.15) is 18.0 Å². The molecule has 1 N–H and O–H groups in total. The molecule has 0 spiro atoms. The van der Waals surface area contributed by atoms with Crippen molar-refractivity contribution in [2.45, 2.75) is 53.0 Å². The van der Waals surface area contributed by atoms with Crippen molar-refractivity contribution >= 4 is 23.4 Å². The van der Waals surface area contributed by atoms with Gasteiger partial charge in [0.15, 0.2) is 0 Å². The number of hydrogen-bond acceptors (Lipinski definition) is 5. The summed E-state index contributed by atoms with van der Waals surface area (Å²) >= 11 is 0. The lowest BCUT2D eigenvalue weighted by atomic mass is 9.98. The summed E-state index contributed by atoms with van der Waals surface area (Å²) in [5.74, 6) is -0.658. The fourth-order valence-electron chi connectivity index (χ4n) is 1.42. The monoisotopic (exact) mass is 273 g/mol. The zero-order valence-corrected chi connectivity index (χ0v) is 12.5. The number of carbonyl (C=O) groups excluding carboxylic acids is 4. The lowest BCUT2D eigenvalue weighted by Gasteiger charge is -2.23. The molecule has 6 heteroatoms. The first-order chi connectivity index (χ1) is 8.50. The van der Waals surface area contributed by atoms with Crippen LogP contribution >= 0.6 is 0 Å². The van der Waals surface area contributed by atoms with Crippen LogP contribution in [0.1, 0.15) is 47.5 Å². The van der Waals surface area contributed by atoms with Gasteiger partial charge in [0.25, 0.3) is 0 Å². The average molecular weight is 273 g/mol. The van der Waals surface area contributed by atoms with Gasteiger partial charge in [0, 0.05) is 18.9 Å². The third-order valence-electron chi connectivity index (χ3n) is 1.83. The summed E-state index contributed by atoms with van der Waals surface area (Å²) in [6, 6.07) is 0. The van der Waals surface area contributed by atoms with Crippen molar-refractivity contribution in [3.63, 3.8) is 0 Å². The van der Waals surface area contributed by atoms with Crippen LogP contribution in [0.15, 0.2) is 0 Å². The molecule has 0 unspecified atom stereocenters. The molecule has 0 saturated heterocycles. The number of hydrogen-bond donors (Lipinski definition) is 1. The van der Waals surface area contributed by atoms with E-state index in [1.807, 2.05) is 13.8 Å². The summed E-state index contributed by atoms with van der Waals surface area (Å²) in [6.45, 7) is 7.97.